The van der Waals surface area contributed by atoms with E-state index in [0.717, 1.165) is 10.0 Å². The first-order valence-corrected chi connectivity index (χ1v) is 8.47. The minimum atomic E-state index is -3.06. The summed E-state index contributed by atoms with van der Waals surface area (Å²) in [5.41, 5.74) is 7.85. The van der Waals surface area contributed by atoms with Gasteiger partial charge in [0.1, 0.15) is 0 Å². The van der Waals surface area contributed by atoms with Crippen molar-refractivity contribution >= 4 is 43.0 Å². The summed E-state index contributed by atoms with van der Waals surface area (Å²) in [7, 11) is -3.06. The summed E-state index contributed by atoms with van der Waals surface area (Å²) >= 11 is 3.35. The van der Waals surface area contributed by atoms with Crippen LogP contribution in [0.15, 0.2) is 16.6 Å². The molecule has 1 aromatic carbocycles. The zero-order valence-electron chi connectivity index (χ0n) is 10.4. The normalized spacial score (nSPS) is 21.3. The van der Waals surface area contributed by atoms with Crippen molar-refractivity contribution in [3.05, 3.63) is 22.2 Å². The minimum absolute atomic E-state index is 0.0716. The summed E-state index contributed by atoms with van der Waals surface area (Å²) in [6, 6.07) is 3.48. The number of halogens is 1. The van der Waals surface area contributed by atoms with E-state index < -0.39 is 15.8 Å². The number of aryl methyl sites for hydroxylation is 1. The Morgan fingerprint density at radius 3 is 2.74 bits per heavy atom. The lowest BCUT2D eigenvalue weighted by molar-refractivity contribution is -0.119. The number of amides is 1. The molecule has 1 aliphatic heterocycles. The van der Waals surface area contributed by atoms with Crippen molar-refractivity contribution in [2.45, 2.75) is 13.3 Å². The van der Waals surface area contributed by atoms with Crippen molar-refractivity contribution in [1.29, 1.82) is 0 Å². The van der Waals surface area contributed by atoms with Gasteiger partial charge < -0.3 is 11.1 Å². The molecule has 2 rings (SSSR count). The van der Waals surface area contributed by atoms with Crippen LogP contribution in [0.5, 0.6) is 0 Å². The molecule has 0 saturated carbocycles. The van der Waals surface area contributed by atoms with Crippen LogP contribution in [0, 0.1) is 12.8 Å². The van der Waals surface area contributed by atoms with Gasteiger partial charge in [-0.2, -0.15) is 0 Å². The Labute approximate surface area is 120 Å². The monoisotopic (exact) mass is 346 g/mol. The predicted molar refractivity (Wildman–Crippen MR) is 78.7 cm³/mol. The fourth-order valence-electron chi connectivity index (χ4n) is 2.02. The third kappa shape index (κ3) is 3.27. The zero-order chi connectivity index (χ0) is 14.2. The summed E-state index contributed by atoms with van der Waals surface area (Å²) < 4.78 is 23.4. The molecule has 1 heterocycles. The molecule has 5 nitrogen and oxygen atoms in total. The van der Waals surface area contributed by atoms with Gasteiger partial charge in [0.25, 0.3) is 0 Å². The van der Waals surface area contributed by atoms with Crippen molar-refractivity contribution in [1.82, 2.24) is 0 Å². The predicted octanol–water partition coefficient (Wildman–Crippen LogP) is 1.71. The maximum absolute atomic E-state index is 12.0. The van der Waals surface area contributed by atoms with Gasteiger partial charge in [-0.15, -0.1) is 0 Å². The van der Waals surface area contributed by atoms with E-state index >= 15 is 0 Å². The molecule has 0 aliphatic carbocycles. The van der Waals surface area contributed by atoms with Gasteiger partial charge in [-0.25, -0.2) is 8.42 Å². The van der Waals surface area contributed by atoms with Crippen LogP contribution < -0.4 is 11.1 Å². The topological polar surface area (TPSA) is 89.3 Å². The van der Waals surface area contributed by atoms with Gasteiger partial charge in [0, 0.05) is 10.2 Å². The summed E-state index contributed by atoms with van der Waals surface area (Å²) in [5.74, 6) is -0.732. The van der Waals surface area contributed by atoms with Crippen LogP contribution >= 0.6 is 15.9 Å². The number of anilines is 2. The van der Waals surface area contributed by atoms with Crippen molar-refractivity contribution in [3.8, 4) is 0 Å². The van der Waals surface area contributed by atoms with E-state index in [1.807, 2.05) is 13.0 Å². The second kappa shape index (κ2) is 5.13. The number of nitrogen functional groups attached to an aromatic ring is 1. The second-order valence-electron chi connectivity index (χ2n) is 4.78. The molecule has 1 saturated heterocycles. The van der Waals surface area contributed by atoms with Gasteiger partial charge in [-0.3, -0.25) is 4.79 Å². The molecule has 1 fully saturated rings. The summed E-state index contributed by atoms with van der Waals surface area (Å²) in [6.45, 7) is 1.87. The molecular formula is C12H15BrN2O3S. The number of rotatable bonds is 2. The summed E-state index contributed by atoms with van der Waals surface area (Å²) in [4.78, 5) is 12.0. The van der Waals surface area contributed by atoms with Gasteiger partial charge >= 0.3 is 0 Å². The maximum Gasteiger partial charge on any atom is 0.228 e. The Bertz CT molecular complexity index is 628. The second-order valence-corrected chi connectivity index (χ2v) is 7.86. The highest BCUT2D eigenvalue weighted by molar-refractivity contribution is 9.10. The molecule has 1 amide bonds. The molecular weight excluding hydrogens is 332 g/mol. The number of carbonyl (C=O) groups is 1. The van der Waals surface area contributed by atoms with Gasteiger partial charge in [0.15, 0.2) is 9.84 Å². The van der Waals surface area contributed by atoms with E-state index in [0.29, 0.717) is 17.8 Å². The fraction of sp³-hybridized carbons (Fsp3) is 0.417. The molecule has 1 aliphatic rings. The Morgan fingerprint density at radius 2 is 2.16 bits per heavy atom. The van der Waals surface area contributed by atoms with Crippen LogP contribution in [-0.2, 0) is 14.6 Å². The van der Waals surface area contributed by atoms with Crippen LogP contribution in [-0.4, -0.2) is 25.8 Å². The molecule has 1 unspecified atom stereocenters. The summed E-state index contributed by atoms with van der Waals surface area (Å²) in [5, 5.41) is 2.73. The van der Waals surface area contributed by atoms with E-state index in [-0.39, 0.29) is 17.4 Å². The van der Waals surface area contributed by atoms with E-state index in [1.165, 1.54) is 0 Å². The highest BCUT2D eigenvalue weighted by Crippen LogP contribution is 2.29. The highest BCUT2D eigenvalue weighted by Gasteiger charge is 2.33. The maximum atomic E-state index is 12.0. The van der Waals surface area contributed by atoms with Crippen molar-refractivity contribution in [2.75, 3.05) is 22.6 Å². The Kier molecular flexibility index (Phi) is 3.87. The molecule has 19 heavy (non-hydrogen) atoms. The first-order valence-electron chi connectivity index (χ1n) is 5.85. The zero-order valence-corrected chi connectivity index (χ0v) is 12.8. The third-order valence-electron chi connectivity index (χ3n) is 3.22. The SMILES string of the molecule is Cc1cc(Br)c(NC(=O)C2CCS(=O)(=O)C2)cc1N. The Morgan fingerprint density at radius 1 is 1.47 bits per heavy atom. The molecule has 1 aromatic rings. The quantitative estimate of drug-likeness (QED) is 0.797. The first-order chi connectivity index (χ1) is 8.78. The van der Waals surface area contributed by atoms with Crippen LogP contribution in [0.25, 0.3) is 0 Å². The van der Waals surface area contributed by atoms with Crippen molar-refractivity contribution in [2.24, 2.45) is 5.92 Å². The molecule has 3 N–H and O–H groups in total. The Balaban J connectivity index is 2.14. The van der Waals surface area contributed by atoms with Crippen molar-refractivity contribution < 1.29 is 13.2 Å². The molecule has 7 heteroatoms. The lowest BCUT2D eigenvalue weighted by atomic mass is 10.1. The van der Waals surface area contributed by atoms with Gasteiger partial charge in [0.2, 0.25) is 5.91 Å². The van der Waals surface area contributed by atoms with Crippen LogP contribution in [0.2, 0.25) is 0 Å². The smallest absolute Gasteiger partial charge is 0.228 e. The summed E-state index contributed by atoms with van der Waals surface area (Å²) in [6.07, 6.45) is 0.382. The van der Waals surface area contributed by atoms with Crippen LogP contribution in [0.1, 0.15) is 12.0 Å². The molecule has 0 bridgehead atoms. The number of hydrogen-bond donors (Lipinski definition) is 2. The number of sulfone groups is 1. The van der Waals surface area contributed by atoms with E-state index in [4.69, 9.17) is 5.73 Å². The first kappa shape index (κ1) is 14.3. The largest absolute Gasteiger partial charge is 0.398 e. The third-order valence-corrected chi connectivity index (χ3v) is 5.64. The van der Waals surface area contributed by atoms with Crippen LogP contribution in [0.4, 0.5) is 11.4 Å². The average Bonchev–Trinajstić information content (AvgIpc) is 2.66. The van der Waals surface area contributed by atoms with Crippen molar-refractivity contribution in [3.63, 3.8) is 0 Å². The fourth-order valence-corrected chi connectivity index (χ4v) is 4.32. The average molecular weight is 347 g/mol. The number of benzene rings is 1. The number of carbonyl (C=O) groups excluding carboxylic acids is 1. The van der Waals surface area contributed by atoms with Gasteiger partial charge in [0.05, 0.1) is 23.1 Å². The molecule has 0 aromatic heterocycles. The standard InChI is InChI=1S/C12H15BrN2O3S/c1-7-4-9(13)11(5-10(7)14)15-12(16)8-2-3-19(17,18)6-8/h4-5,8H,2-3,6,14H2,1H3,(H,15,16). The molecule has 104 valence electrons. The van der Waals surface area contributed by atoms with E-state index in [9.17, 15) is 13.2 Å². The number of hydrogen-bond acceptors (Lipinski definition) is 4. The van der Waals surface area contributed by atoms with Gasteiger partial charge in [-0.05, 0) is 47.0 Å². The Hall–Kier alpha value is -1.08. The van der Waals surface area contributed by atoms with E-state index in [2.05, 4.69) is 21.2 Å². The molecule has 1 atom stereocenters. The molecule has 0 radical (unpaired) electrons. The highest BCUT2D eigenvalue weighted by atomic mass is 79.9. The van der Waals surface area contributed by atoms with E-state index in [1.54, 1.807) is 6.07 Å². The molecule has 0 spiro atoms. The van der Waals surface area contributed by atoms with Crippen LogP contribution in [0.3, 0.4) is 0 Å². The number of nitrogens with one attached hydrogen (secondary N) is 1. The lowest BCUT2D eigenvalue weighted by Crippen LogP contribution is -2.24. The van der Waals surface area contributed by atoms with Gasteiger partial charge in [-0.1, -0.05) is 0 Å². The minimum Gasteiger partial charge on any atom is -0.398 e. The number of nitrogens with two attached hydrogens (primary N) is 1. The lowest BCUT2D eigenvalue weighted by Gasteiger charge is -2.12.